The minimum absolute atomic E-state index is 0.101. The number of alkyl carbamates (subject to hydrolysis) is 2. The Kier molecular flexibility index (Phi) is 11.7. The van der Waals surface area contributed by atoms with Crippen LogP contribution in [0.4, 0.5) is 9.59 Å². The van der Waals surface area contributed by atoms with Crippen LogP contribution in [0.2, 0.25) is 0 Å². The number of carbonyl (C=O) groups excluding carboxylic acids is 4. The van der Waals surface area contributed by atoms with Gasteiger partial charge in [-0.1, -0.05) is 64.8 Å². The molecule has 1 spiro atoms. The summed E-state index contributed by atoms with van der Waals surface area (Å²) in [6.45, 7) is 8.97. The van der Waals surface area contributed by atoms with Gasteiger partial charge in [0.2, 0.25) is 11.8 Å². The van der Waals surface area contributed by atoms with Crippen LogP contribution in [-0.4, -0.2) is 93.1 Å². The predicted octanol–water partition coefficient (Wildman–Crippen LogP) is 9.25. The topological polar surface area (TPSA) is 175 Å². The maximum Gasteiger partial charge on any atom is 0.407 e. The van der Waals surface area contributed by atoms with Crippen LogP contribution in [0.5, 0.6) is 0 Å². The van der Waals surface area contributed by atoms with Crippen LogP contribution in [0, 0.1) is 17.3 Å². The second-order valence-corrected chi connectivity index (χ2v) is 20.8. The van der Waals surface area contributed by atoms with Gasteiger partial charge in [-0.15, -0.1) is 0 Å². The fraction of sp³-hybridized carbons (Fsp3) is 0.577. The van der Waals surface area contributed by atoms with Crippen molar-refractivity contribution in [2.75, 3.05) is 27.3 Å². The Morgan fingerprint density at radius 1 is 0.636 bits per heavy atom. The van der Waals surface area contributed by atoms with E-state index in [0.717, 1.165) is 61.6 Å². The molecule has 66 heavy (non-hydrogen) atoms. The number of hydrogen-bond donors (Lipinski definition) is 4. The predicted molar refractivity (Wildman–Crippen MR) is 250 cm³/mol. The van der Waals surface area contributed by atoms with Crippen LogP contribution < -0.4 is 10.6 Å². The molecule has 4 amide bonds. The Morgan fingerprint density at radius 3 is 1.61 bits per heavy atom. The Labute approximate surface area is 387 Å². The van der Waals surface area contributed by atoms with Crippen LogP contribution in [0.3, 0.4) is 0 Å². The number of H-pyrrole nitrogens is 2. The zero-order chi connectivity index (χ0) is 46.0. The first-order valence-electron chi connectivity index (χ1n) is 24.6. The molecule has 2 unspecified atom stereocenters. The Hall–Kier alpha value is -5.66. The van der Waals surface area contributed by atoms with E-state index < -0.39 is 24.3 Å². The highest BCUT2D eigenvalue weighted by Crippen LogP contribution is 2.60. The third kappa shape index (κ3) is 7.65. The summed E-state index contributed by atoms with van der Waals surface area (Å²) < 4.78 is 9.71. The Balaban J connectivity index is 0.969. The molecule has 4 aliphatic carbocycles. The summed E-state index contributed by atoms with van der Waals surface area (Å²) in [7, 11) is 2.63. The number of likely N-dealkylation sites (tertiary alicyclic amines) is 2. The molecular formula is C52H66N8O6. The van der Waals surface area contributed by atoms with Crippen molar-refractivity contribution in [2.45, 2.75) is 147 Å². The summed E-state index contributed by atoms with van der Waals surface area (Å²) in [6.07, 6.45) is 16.8. The quantitative estimate of drug-likeness (QED) is 0.115. The van der Waals surface area contributed by atoms with Crippen LogP contribution in [0.25, 0.3) is 33.6 Å². The molecule has 2 saturated carbocycles. The third-order valence-corrected chi connectivity index (χ3v) is 16.3. The lowest BCUT2D eigenvalue weighted by Gasteiger charge is -2.30. The van der Waals surface area contributed by atoms with Crippen LogP contribution in [-0.2, 0) is 31.9 Å². The highest BCUT2D eigenvalue weighted by molar-refractivity contribution is 5.88. The third-order valence-electron chi connectivity index (χ3n) is 16.3. The van der Waals surface area contributed by atoms with E-state index in [-0.39, 0.29) is 41.1 Å². The number of rotatable bonds is 11. The number of ether oxygens (including phenoxy) is 2. The van der Waals surface area contributed by atoms with Crippen molar-refractivity contribution in [1.29, 1.82) is 0 Å². The molecule has 6 aliphatic rings. The van der Waals surface area contributed by atoms with Crippen molar-refractivity contribution < 1.29 is 28.7 Å². The van der Waals surface area contributed by atoms with Crippen LogP contribution in [0.1, 0.15) is 156 Å². The standard InChI is InChI=1S/C52H66N8O6/c1-28(2)44(57-50(63)65-5)48(61)59-21-9-11-40(59)46-53-26-38(55-46)33-16-15-32(36-24-52(25-37(33)36)19-7-8-20-52)34-17-18-35(43-31-14-13-30(23-31)42(34)43)39-27-54-47(56-39)41-12-10-22-60(41)49(62)45(29(3)4)58-51(64)66-6/h15-18,26-31,40-41,44-45H,7-14,19-25H2,1-6H3,(H,53,55)(H,54,56)(H,57,63)(H,58,64)/t30?,31?,40-,41+,44+,45-/m0/s1. The van der Waals surface area contributed by atoms with Gasteiger partial charge in [0.1, 0.15) is 23.7 Å². The van der Waals surface area contributed by atoms with E-state index in [1.165, 1.54) is 104 Å². The average Bonchev–Trinajstić information content (AvgIpc) is 4.17. The van der Waals surface area contributed by atoms with E-state index in [1.54, 1.807) is 0 Å². The van der Waals surface area contributed by atoms with Gasteiger partial charge >= 0.3 is 12.2 Å². The van der Waals surface area contributed by atoms with Crippen molar-refractivity contribution in [2.24, 2.45) is 17.3 Å². The SMILES string of the molecule is COC(=O)N[C@H](C(=O)N1CCC[C@@H]1c1ncc(-c2ccc(-c3ccc(-c4cnc([C@@H]5CCCN5C(=O)[C@H](NC(=O)OC)C(C)C)[nH]4)c4c3CC3(CCCC3)C4)c3c2C2CCC3C2)[nH]1)C(C)C. The first-order chi connectivity index (χ1) is 31.9. The van der Waals surface area contributed by atoms with Gasteiger partial charge in [-0.3, -0.25) is 9.59 Å². The van der Waals surface area contributed by atoms with E-state index in [0.29, 0.717) is 24.9 Å². The van der Waals surface area contributed by atoms with Gasteiger partial charge in [-0.05, 0) is 133 Å². The molecule has 2 aliphatic heterocycles. The van der Waals surface area contributed by atoms with E-state index in [1.807, 2.05) is 49.9 Å². The summed E-state index contributed by atoms with van der Waals surface area (Å²) >= 11 is 0. The molecule has 6 atom stereocenters. The Bertz CT molecular complexity index is 2540. The first-order valence-corrected chi connectivity index (χ1v) is 24.6. The number of aromatic nitrogens is 4. The van der Waals surface area contributed by atoms with Gasteiger partial charge in [0.05, 0.1) is 50.1 Å². The fourth-order valence-electron chi connectivity index (χ4n) is 13.1. The van der Waals surface area contributed by atoms with Gasteiger partial charge in [-0.2, -0.15) is 0 Å². The van der Waals surface area contributed by atoms with Crippen LogP contribution >= 0.6 is 0 Å². The highest BCUT2D eigenvalue weighted by Gasteiger charge is 2.45. The summed E-state index contributed by atoms with van der Waals surface area (Å²) in [4.78, 5) is 73.3. The number of nitrogens with one attached hydrogen (secondary N) is 4. The van der Waals surface area contributed by atoms with E-state index in [4.69, 9.17) is 19.4 Å². The fourth-order valence-corrected chi connectivity index (χ4v) is 13.1. The molecule has 2 saturated heterocycles. The lowest BCUT2D eigenvalue weighted by atomic mass is 9.80. The molecule has 2 aromatic carbocycles. The van der Waals surface area contributed by atoms with Crippen molar-refractivity contribution in [3.05, 3.63) is 70.6 Å². The maximum absolute atomic E-state index is 13.9. The normalized spacial score (nSPS) is 23.5. The molecule has 0 radical (unpaired) electrons. The molecule has 2 aromatic heterocycles. The molecule has 14 nitrogen and oxygen atoms in total. The van der Waals surface area contributed by atoms with E-state index in [2.05, 4.69) is 44.9 Å². The Morgan fingerprint density at radius 2 is 1.09 bits per heavy atom. The summed E-state index contributed by atoms with van der Waals surface area (Å²) in [5, 5.41) is 5.53. The number of hydrogen-bond acceptors (Lipinski definition) is 8. The molecule has 10 rings (SSSR count). The minimum Gasteiger partial charge on any atom is -0.453 e. The second kappa shape index (κ2) is 17.5. The largest absolute Gasteiger partial charge is 0.453 e. The second-order valence-electron chi connectivity index (χ2n) is 20.8. The van der Waals surface area contributed by atoms with E-state index in [9.17, 15) is 19.2 Å². The molecule has 4 fully saturated rings. The molecule has 4 aromatic rings. The lowest BCUT2D eigenvalue weighted by molar-refractivity contribution is -0.136. The molecule has 350 valence electrons. The van der Waals surface area contributed by atoms with Crippen molar-refractivity contribution in [1.82, 2.24) is 40.4 Å². The van der Waals surface area contributed by atoms with Crippen LogP contribution in [0.15, 0.2) is 36.7 Å². The number of aromatic amines is 2. The molecule has 14 heteroatoms. The zero-order valence-corrected chi connectivity index (χ0v) is 39.4. The van der Waals surface area contributed by atoms with Crippen molar-refractivity contribution in [3.63, 3.8) is 0 Å². The number of imidazole rings is 2. The van der Waals surface area contributed by atoms with Gasteiger partial charge in [0.25, 0.3) is 0 Å². The summed E-state index contributed by atoms with van der Waals surface area (Å²) in [5.74, 6) is 2.17. The number of nitrogens with zero attached hydrogens (tertiary/aromatic N) is 4. The molecule has 4 N–H and O–H groups in total. The number of amides is 4. The average molecular weight is 899 g/mol. The summed E-state index contributed by atoms with van der Waals surface area (Å²) in [6, 6.07) is 7.63. The lowest BCUT2D eigenvalue weighted by Crippen LogP contribution is -2.51. The minimum atomic E-state index is -0.685. The van der Waals surface area contributed by atoms with Gasteiger partial charge in [-0.25, -0.2) is 19.6 Å². The van der Waals surface area contributed by atoms with Gasteiger partial charge < -0.3 is 39.9 Å². The van der Waals surface area contributed by atoms with Gasteiger partial charge in [0.15, 0.2) is 0 Å². The first kappa shape index (κ1) is 44.2. The molecule has 4 heterocycles. The molecular weight excluding hydrogens is 833 g/mol. The van der Waals surface area contributed by atoms with Crippen molar-refractivity contribution in [3.8, 4) is 33.6 Å². The zero-order valence-electron chi connectivity index (χ0n) is 39.4. The van der Waals surface area contributed by atoms with Crippen molar-refractivity contribution >= 4 is 24.0 Å². The number of methoxy groups -OCH3 is 2. The number of fused-ring (bicyclic) bond motifs is 6. The molecule has 2 bridgehead atoms. The number of benzene rings is 2. The highest BCUT2D eigenvalue weighted by atomic mass is 16.5. The monoisotopic (exact) mass is 899 g/mol. The van der Waals surface area contributed by atoms with E-state index >= 15 is 0 Å². The maximum atomic E-state index is 13.9. The smallest absolute Gasteiger partial charge is 0.407 e. The number of carbonyl (C=O) groups is 4. The van der Waals surface area contributed by atoms with Gasteiger partial charge in [0, 0.05) is 24.2 Å². The summed E-state index contributed by atoms with van der Waals surface area (Å²) in [5.41, 5.74) is 13.3.